The van der Waals surface area contributed by atoms with Crippen molar-refractivity contribution in [3.63, 3.8) is 0 Å². The maximum atomic E-state index is 3.21. The molecule has 2 rings (SSSR count). The molecule has 17 heavy (non-hydrogen) atoms. The summed E-state index contributed by atoms with van der Waals surface area (Å²) in [5, 5.41) is 0. The third-order valence-corrected chi connectivity index (χ3v) is 2.40. The SMILES string of the molecule is CCc1[c-]cccc1.[C-]1=CCCC=CCC1.[Ru+2]. The largest absolute Gasteiger partial charge is 2.00 e. The predicted octanol–water partition coefficient (Wildman–Crippen LogP) is 4.52. The molecule has 0 saturated heterocycles. The summed E-state index contributed by atoms with van der Waals surface area (Å²) in [5.41, 5.74) is 1.28. The molecular weight excluding hydrogens is 293 g/mol. The Morgan fingerprint density at radius 2 is 1.94 bits per heavy atom. The predicted molar refractivity (Wildman–Crippen MR) is 70.1 cm³/mol. The molecule has 0 fully saturated rings. The van der Waals surface area contributed by atoms with E-state index in [1.54, 1.807) is 0 Å². The summed E-state index contributed by atoms with van der Waals surface area (Å²) in [4.78, 5) is 0. The van der Waals surface area contributed by atoms with Gasteiger partial charge in [-0.15, -0.1) is 0 Å². The van der Waals surface area contributed by atoms with Crippen molar-refractivity contribution in [1.82, 2.24) is 0 Å². The quantitative estimate of drug-likeness (QED) is 0.406. The van der Waals surface area contributed by atoms with Crippen molar-refractivity contribution < 1.29 is 19.5 Å². The molecule has 1 aromatic rings. The zero-order valence-corrected chi connectivity index (χ0v) is 12.2. The fourth-order valence-corrected chi connectivity index (χ4v) is 1.44. The summed E-state index contributed by atoms with van der Waals surface area (Å²) in [5.74, 6) is 0. The van der Waals surface area contributed by atoms with Gasteiger partial charge in [-0.05, 0) is 6.42 Å². The standard InChI is InChI=1S/C8H9.C8H11.Ru/c1-2-8-6-4-3-5-7-8;1-2-4-6-8-7-5-3-1;/h3-6H,2H2,1H3;1-2,7H,3-6H2;/q2*-1;+2. The summed E-state index contributed by atoms with van der Waals surface area (Å²) in [6.45, 7) is 2.13. The van der Waals surface area contributed by atoms with Crippen LogP contribution in [-0.4, -0.2) is 0 Å². The second-order valence-corrected chi connectivity index (χ2v) is 3.74. The number of rotatable bonds is 1. The van der Waals surface area contributed by atoms with Gasteiger partial charge in [0.2, 0.25) is 0 Å². The smallest absolute Gasteiger partial charge is 0.500 e. The van der Waals surface area contributed by atoms with Crippen LogP contribution in [0.15, 0.2) is 42.5 Å². The van der Waals surface area contributed by atoms with E-state index in [1.165, 1.54) is 24.8 Å². The number of allylic oxidation sites excluding steroid dienone is 4. The molecule has 1 aliphatic rings. The van der Waals surface area contributed by atoms with E-state index in [1.807, 2.05) is 18.2 Å². The van der Waals surface area contributed by atoms with E-state index >= 15 is 0 Å². The monoisotopic (exact) mass is 314 g/mol. The van der Waals surface area contributed by atoms with Crippen molar-refractivity contribution in [3.05, 3.63) is 60.2 Å². The van der Waals surface area contributed by atoms with Gasteiger partial charge in [0.1, 0.15) is 0 Å². The maximum Gasteiger partial charge on any atom is 2.00 e. The van der Waals surface area contributed by atoms with Gasteiger partial charge in [-0.1, -0.05) is 38.3 Å². The van der Waals surface area contributed by atoms with Gasteiger partial charge in [-0.25, -0.2) is 0 Å². The normalized spacial score (nSPS) is 13.7. The van der Waals surface area contributed by atoms with Crippen molar-refractivity contribution in [1.29, 1.82) is 0 Å². The Balaban J connectivity index is 0.000000284. The third-order valence-electron chi connectivity index (χ3n) is 2.40. The first-order valence-electron chi connectivity index (χ1n) is 6.09. The van der Waals surface area contributed by atoms with Crippen LogP contribution in [-0.2, 0) is 25.9 Å². The van der Waals surface area contributed by atoms with Crippen molar-refractivity contribution in [3.8, 4) is 0 Å². The molecule has 0 N–H and O–H groups in total. The van der Waals surface area contributed by atoms with E-state index in [0.29, 0.717) is 0 Å². The van der Waals surface area contributed by atoms with Gasteiger partial charge in [-0.2, -0.15) is 42.3 Å². The summed E-state index contributed by atoms with van der Waals surface area (Å²) in [6.07, 6.45) is 15.6. The molecule has 0 aliphatic heterocycles. The average molecular weight is 313 g/mol. The van der Waals surface area contributed by atoms with Gasteiger partial charge >= 0.3 is 19.5 Å². The molecule has 0 nitrogen and oxygen atoms in total. The number of hydrogen-bond acceptors (Lipinski definition) is 0. The van der Waals surface area contributed by atoms with Gasteiger partial charge in [0.15, 0.2) is 0 Å². The molecule has 0 spiro atoms. The molecule has 1 aliphatic carbocycles. The molecule has 0 aromatic heterocycles. The van der Waals surface area contributed by atoms with Crippen LogP contribution in [0.1, 0.15) is 38.2 Å². The second-order valence-electron chi connectivity index (χ2n) is 3.74. The summed E-state index contributed by atoms with van der Waals surface area (Å²) < 4.78 is 0. The second kappa shape index (κ2) is 11.8. The Morgan fingerprint density at radius 1 is 1.12 bits per heavy atom. The van der Waals surface area contributed by atoms with Crippen LogP contribution >= 0.6 is 0 Å². The van der Waals surface area contributed by atoms with Crippen molar-refractivity contribution in [2.75, 3.05) is 0 Å². The molecule has 1 aromatic carbocycles. The minimum Gasteiger partial charge on any atom is -0.500 e. The molecule has 0 radical (unpaired) electrons. The van der Waals surface area contributed by atoms with Gasteiger partial charge < -0.3 is 6.08 Å². The Labute approximate surface area is 119 Å². The summed E-state index contributed by atoms with van der Waals surface area (Å²) >= 11 is 0. The minimum absolute atomic E-state index is 0. The van der Waals surface area contributed by atoms with Crippen LogP contribution in [0.3, 0.4) is 0 Å². The van der Waals surface area contributed by atoms with E-state index in [-0.39, 0.29) is 19.5 Å². The summed E-state index contributed by atoms with van der Waals surface area (Å²) in [7, 11) is 0. The Bertz CT molecular complexity index is 286. The van der Waals surface area contributed by atoms with Crippen molar-refractivity contribution in [2.45, 2.75) is 39.0 Å². The van der Waals surface area contributed by atoms with Crippen LogP contribution in [0.5, 0.6) is 0 Å². The van der Waals surface area contributed by atoms with Crippen LogP contribution < -0.4 is 0 Å². The average Bonchev–Trinajstić information content (AvgIpc) is 2.30. The topological polar surface area (TPSA) is 0 Å². The van der Waals surface area contributed by atoms with Gasteiger partial charge in [0, 0.05) is 0 Å². The summed E-state index contributed by atoms with van der Waals surface area (Å²) in [6, 6.07) is 11.2. The molecule has 0 atom stereocenters. The van der Waals surface area contributed by atoms with Crippen molar-refractivity contribution >= 4 is 0 Å². The zero-order chi connectivity index (χ0) is 11.5. The number of aryl methyl sites for hydroxylation is 1. The fourth-order valence-electron chi connectivity index (χ4n) is 1.44. The molecule has 0 heterocycles. The van der Waals surface area contributed by atoms with Gasteiger partial charge in [0.05, 0.1) is 0 Å². The Morgan fingerprint density at radius 3 is 2.59 bits per heavy atom. The van der Waals surface area contributed by atoms with E-state index in [2.05, 4.69) is 43.4 Å². The first-order valence-corrected chi connectivity index (χ1v) is 6.09. The van der Waals surface area contributed by atoms with E-state index in [4.69, 9.17) is 0 Å². The molecule has 1 heteroatoms. The zero-order valence-electron chi connectivity index (χ0n) is 10.4. The molecule has 0 unspecified atom stereocenters. The first-order chi connectivity index (χ1) is 7.93. The fraction of sp³-hybridized carbons (Fsp3) is 0.375. The third kappa shape index (κ3) is 9.06. The Hall–Kier alpha value is -0.677. The van der Waals surface area contributed by atoms with Crippen LogP contribution in [0.2, 0.25) is 0 Å². The van der Waals surface area contributed by atoms with Gasteiger partial charge in [0.25, 0.3) is 0 Å². The van der Waals surface area contributed by atoms with Crippen molar-refractivity contribution in [2.24, 2.45) is 0 Å². The van der Waals surface area contributed by atoms with Crippen LogP contribution in [0, 0.1) is 12.1 Å². The minimum atomic E-state index is 0. The van der Waals surface area contributed by atoms with Crippen LogP contribution in [0.25, 0.3) is 0 Å². The number of benzene rings is 1. The first kappa shape index (κ1) is 16.3. The van der Waals surface area contributed by atoms with E-state index in [9.17, 15) is 0 Å². The molecule has 0 amide bonds. The molecule has 92 valence electrons. The van der Waals surface area contributed by atoms with E-state index < -0.39 is 0 Å². The Kier molecular flexibility index (Phi) is 11.3. The molecule has 0 bridgehead atoms. The number of hydrogen-bond donors (Lipinski definition) is 0. The van der Waals surface area contributed by atoms with E-state index in [0.717, 1.165) is 12.8 Å². The van der Waals surface area contributed by atoms with Crippen LogP contribution in [0.4, 0.5) is 0 Å². The molecular formula is C16H20Ru. The molecule has 0 saturated carbocycles. The van der Waals surface area contributed by atoms with Gasteiger partial charge in [-0.3, -0.25) is 6.08 Å². The maximum absolute atomic E-state index is 3.21.